The number of nitrogens with one attached hydrogen (secondary N) is 1. The van der Waals surface area contributed by atoms with Gasteiger partial charge in [0.05, 0.1) is 18.1 Å². The molecule has 2 heterocycles. The summed E-state index contributed by atoms with van der Waals surface area (Å²) in [5, 5.41) is 2.83. The zero-order valence-electron chi connectivity index (χ0n) is 16.2. The fourth-order valence-electron chi connectivity index (χ4n) is 2.33. The minimum absolute atomic E-state index is 0.160. The van der Waals surface area contributed by atoms with Crippen LogP contribution in [0.4, 0.5) is 4.79 Å². The second-order valence-electron chi connectivity index (χ2n) is 6.94. The minimum Gasteiger partial charge on any atom is -0.495 e. The van der Waals surface area contributed by atoms with Crippen LogP contribution in [0.2, 0.25) is 5.15 Å². The Hall–Kier alpha value is -1.54. The number of likely N-dealkylation sites (tertiary alicyclic amines) is 1. The lowest BCUT2D eigenvalue weighted by Crippen LogP contribution is -2.39. The number of ether oxygens (including phenoxy) is 2. The highest BCUT2D eigenvalue weighted by Gasteiger charge is 2.22. The summed E-state index contributed by atoms with van der Waals surface area (Å²) >= 11 is 9.02. The van der Waals surface area contributed by atoms with Gasteiger partial charge >= 0.3 is 6.09 Å². The topological polar surface area (TPSA) is 80.8 Å². The molecule has 1 saturated heterocycles. The van der Waals surface area contributed by atoms with E-state index >= 15 is 0 Å². The van der Waals surface area contributed by atoms with Gasteiger partial charge in [-0.2, -0.15) is 0 Å². The van der Waals surface area contributed by atoms with Gasteiger partial charge in [0.15, 0.2) is 0 Å². The molecule has 2 amide bonds. The Morgan fingerprint density at radius 2 is 2.00 bits per heavy atom. The van der Waals surface area contributed by atoms with Gasteiger partial charge in [-0.1, -0.05) is 11.6 Å². The van der Waals surface area contributed by atoms with Crippen molar-refractivity contribution >= 4 is 40.0 Å². The third-order valence-corrected chi connectivity index (χ3v) is 4.67. The van der Waals surface area contributed by atoms with Crippen LogP contribution >= 0.6 is 27.5 Å². The molecule has 152 valence electrons. The van der Waals surface area contributed by atoms with Crippen LogP contribution in [0.5, 0.6) is 5.75 Å². The first-order chi connectivity index (χ1) is 12.7. The Balaban J connectivity index is 0.000000271. The third kappa shape index (κ3) is 8.79. The molecule has 9 heteroatoms. The van der Waals surface area contributed by atoms with Gasteiger partial charge in [-0.3, -0.25) is 4.79 Å². The summed E-state index contributed by atoms with van der Waals surface area (Å²) in [5.74, 6) is 0.579. The first-order valence-corrected chi connectivity index (χ1v) is 9.89. The van der Waals surface area contributed by atoms with Gasteiger partial charge in [0, 0.05) is 13.1 Å². The maximum atomic E-state index is 11.5. The number of piperidine rings is 1. The number of rotatable bonds is 4. The molecule has 0 aliphatic carbocycles. The van der Waals surface area contributed by atoms with Crippen LogP contribution in [-0.2, 0) is 16.1 Å². The monoisotopic (exact) mass is 463 g/mol. The van der Waals surface area contributed by atoms with E-state index in [2.05, 4.69) is 26.2 Å². The van der Waals surface area contributed by atoms with Crippen LogP contribution in [0.15, 0.2) is 10.5 Å². The van der Waals surface area contributed by atoms with E-state index in [-0.39, 0.29) is 11.7 Å². The van der Waals surface area contributed by atoms with Gasteiger partial charge in [-0.05, 0) is 62.0 Å². The molecule has 0 radical (unpaired) electrons. The number of hydrogen-bond donors (Lipinski definition) is 1. The van der Waals surface area contributed by atoms with Crippen molar-refractivity contribution in [1.82, 2.24) is 15.2 Å². The SMILES string of the molecule is CC(C)(C)OC(=O)N1CCCCC1.COc1cc(Br)c(Cl)nc1CNC=O. The number of carbonyl (C=O) groups is 2. The minimum atomic E-state index is -0.367. The summed E-state index contributed by atoms with van der Waals surface area (Å²) in [7, 11) is 1.53. The molecule has 27 heavy (non-hydrogen) atoms. The summed E-state index contributed by atoms with van der Waals surface area (Å²) in [6, 6.07) is 1.71. The quantitative estimate of drug-likeness (QED) is 0.534. The van der Waals surface area contributed by atoms with E-state index < -0.39 is 0 Å². The normalized spacial score (nSPS) is 13.9. The van der Waals surface area contributed by atoms with Crippen molar-refractivity contribution in [2.24, 2.45) is 0 Å². The molecule has 0 saturated carbocycles. The predicted octanol–water partition coefficient (Wildman–Crippen LogP) is 4.16. The van der Waals surface area contributed by atoms with Crippen LogP contribution in [0.3, 0.4) is 0 Å². The lowest BCUT2D eigenvalue weighted by Gasteiger charge is -2.29. The van der Waals surface area contributed by atoms with Gasteiger partial charge in [-0.15, -0.1) is 0 Å². The average molecular weight is 465 g/mol. The van der Waals surface area contributed by atoms with E-state index in [0.29, 0.717) is 34.0 Å². The molecule has 0 aromatic carbocycles. The summed E-state index contributed by atoms with van der Waals surface area (Å²) < 4.78 is 11.0. The second kappa shape index (κ2) is 11.3. The Morgan fingerprint density at radius 3 is 2.52 bits per heavy atom. The number of methoxy groups -OCH3 is 1. The number of halogens is 2. The van der Waals surface area contributed by atoms with Crippen LogP contribution in [0.1, 0.15) is 45.7 Å². The van der Waals surface area contributed by atoms with Gasteiger partial charge in [0.25, 0.3) is 0 Å². The van der Waals surface area contributed by atoms with Gasteiger partial charge in [0.2, 0.25) is 6.41 Å². The van der Waals surface area contributed by atoms with Crippen molar-refractivity contribution < 1.29 is 19.1 Å². The molecule has 2 rings (SSSR count). The van der Waals surface area contributed by atoms with Crippen LogP contribution in [0.25, 0.3) is 0 Å². The molecule has 0 bridgehead atoms. The van der Waals surface area contributed by atoms with Crippen LogP contribution < -0.4 is 10.1 Å². The van der Waals surface area contributed by atoms with Gasteiger partial charge in [-0.25, -0.2) is 9.78 Å². The van der Waals surface area contributed by atoms with Gasteiger partial charge < -0.3 is 19.7 Å². The highest BCUT2D eigenvalue weighted by molar-refractivity contribution is 9.10. The summed E-state index contributed by atoms with van der Waals surface area (Å²) in [4.78, 5) is 27.5. The fraction of sp³-hybridized carbons (Fsp3) is 0.611. The van der Waals surface area contributed by atoms with Crippen molar-refractivity contribution in [1.29, 1.82) is 0 Å². The predicted molar refractivity (Wildman–Crippen MR) is 108 cm³/mol. The first-order valence-electron chi connectivity index (χ1n) is 8.71. The van der Waals surface area contributed by atoms with Crippen LogP contribution in [-0.4, -0.2) is 48.2 Å². The number of nitrogens with zero attached hydrogens (tertiary/aromatic N) is 2. The van der Waals surface area contributed by atoms with Crippen molar-refractivity contribution in [3.63, 3.8) is 0 Å². The van der Waals surface area contributed by atoms with E-state index in [1.165, 1.54) is 13.5 Å². The third-order valence-electron chi connectivity index (χ3n) is 3.55. The number of aromatic nitrogens is 1. The zero-order chi connectivity index (χ0) is 20.4. The van der Waals surface area contributed by atoms with E-state index in [1.807, 2.05) is 20.8 Å². The number of pyridine rings is 1. The molecule has 7 nitrogen and oxygen atoms in total. The second-order valence-corrected chi connectivity index (χ2v) is 8.15. The molecule has 1 fully saturated rings. The number of carbonyl (C=O) groups excluding carboxylic acids is 2. The highest BCUT2D eigenvalue weighted by atomic mass is 79.9. The lowest BCUT2D eigenvalue weighted by atomic mass is 10.1. The molecule has 0 unspecified atom stereocenters. The molecular weight excluding hydrogens is 438 g/mol. The summed E-state index contributed by atoms with van der Waals surface area (Å²) in [6.45, 7) is 7.70. The van der Waals surface area contributed by atoms with E-state index in [9.17, 15) is 9.59 Å². The molecule has 1 aromatic rings. The van der Waals surface area contributed by atoms with E-state index in [1.54, 1.807) is 11.0 Å². The summed E-state index contributed by atoms with van der Waals surface area (Å²) in [5.41, 5.74) is 0.224. The maximum absolute atomic E-state index is 11.5. The molecule has 0 atom stereocenters. The zero-order valence-corrected chi connectivity index (χ0v) is 18.5. The molecule has 1 aromatic heterocycles. The Morgan fingerprint density at radius 1 is 1.37 bits per heavy atom. The van der Waals surface area contributed by atoms with Crippen molar-refractivity contribution in [3.8, 4) is 5.75 Å². The smallest absolute Gasteiger partial charge is 0.410 e. The van der Waals surface area contributed by atoms with Gasteiger partial charge in [0.1, 0.15) is 22.2 Å². The molecular formula is C18H27BrClN3O4. The summed E-state index contributed by atoms with van der Waals surface area (Å²) in [6.07, 6.45) is 3.89. The van der Waals surface area contributed by atoms with Crippen LogP contribution in [0, 0.1) is 0 Å². The molecule has 1 N–H and O–H groups in total. The van der Waals surface area contributed by atoms with E-state index in [4.69, 9.17) is 21.1 Å². The lowest BCUT2D eigenvalue weighted by molar-refractivity contribution is -0.109. The largest absolute Gasteiger partial charge is 0.495 e. The Kier molecular flexibility index (Phi) is 9.87. The standard InChI is InChI=1S/C10H19NO2.C8H8BrClN2O2/c1-10(2,3)13-9(12)11-7-5-4-6-8-11;1-14-7-2-5(9)8(10)12-6(7)3-11-4-13/h4-8H2,1-3H3;2,4H,3H2,1H3,(H,11,13). The Labute approximate surface area is 173 Å². The Bertz CT molecular complexity index is 632. The highest BCUT2D eigenvalue weighted by Crippen LogP contribution is 2.27. The molecule has 1 aliphatic rings. The fourth-order valence-corrected chi connectivity index (χ4v) is 2.78. The average Bonchev–Trinajstić information content (AvgIpc) is 2.62. The van der Waals surface area contributed by atoms with Crippen molar-refractivity contribution in [2.45, 2.75) is 52.2 Å². The van der Waals surface area contributed by atoms with Crippen molar-refractivity contribution in [3.05, 3.63) is 21.4 Å². The molecule has 1 aliphatic heterocycles. The first kappa shape index (κ1) is 23.5. The van der Waals surface area contributed by atoms with Crippen molar-refractivity contribution in [2.75, 3.05) is 20.2 Å². The number of hydrogen-bond acceptors (Lipinski definition) is 5. The molecule has 0 spiro atoms. The van der Waals surface area contributed by atoms with E-state index in [0.717, 1.165) is 25.9 Å². The maximum Gasteiger partial charge on any atom is 0.410 e. The number of amides is 2.